The first-order chi connectivity index (χ1) is 13.3. The molecule has 1 aromatic heterocycles. The minimum absolute atomic E-state index is 0.217. The van der Waals surface area contributed by atoms with Crippen molar-refractivity contribution in [3.63, 3.8) is 0 Å². The number of carbonyl (C=O) groups is 1. The number of aliphatic imine (C=N–C) groups is 1. The van der Waals surface area contributed by atoms with Gasteiger partial charge in [0.25, 0.3) is 0 Å². The number of likely N-dealkylation sites (tertiary alicyclic amines) is 1. The smallest absolute Gasteiger partial charge is 0.410 e. The van der Waals surface area contributed by atoms with Crippen LogP contribution >= 0.6 is 0 Å². The Bertz CT molecular complexity index is 614. The summed E-state index contributed by atoms with van der Waals surface area (Å²) in [5, 5.41) is 3.38. The molecule has 2 rings (SSSR count). The number of nitrogens with zero attached hydrogens (tertiary/aromatic N) is 3. The Labute approximate surface area is 169 Å². The second-order valence-electron chi connectivity index (χ2n) is 8.20. The molecule has 0 saturated carbocycles. The quantitative estimate of drug-likeness (QED) is 0.590. The number of hydrogen-bond acceptors (Lipinski definition) is 4. The highest BCUT2D eigenvalue weighted by molar-refractivity contribution is 5.80. The molecule has 2 heterocycles. The summed E-state index contributed by atoms with van der Waals surface area (Å²) in [7, 11) is 0. The molecule has 1 N–H and O–H groups in total. The topological polar surface area (TPSA) is 70.3 Å². The van der Waals surface area contributed by atoms with Crippen LogP contribution in [0.1, 0.15) is 53.2 Å². The van der Waals surface area contributed by atoms with Gasteiger partial charge in [0.1, 0.15) is 17.9 Å². The first-order valence-corrected chi connectivity index (χ1v) is 10.4. The number of hydrogen-bond donors (Lipinski definition) is 1. The Morgan fingerprint density at radius 1 is 1.36 bits per heavy atom. The van der Waals surface area contributed by atoms with E-state index in [1.54, 1.807) is 6.26 Å². The molecule has 0 unspecified atom stereocenters. The van der Waals surface area contributed by atoms with Crippen molar-refractivity contribution in [2.75, 3.05) is 32.7 Å². The van der Waals surface area contributed by atoms with Crippen molar-refractivity contribution in [1.29, 1.82) is 0 Å². The van der Waals surface area contributed by atoms with Gasteiger partial charge in [-0.05, 0) is 65.5 Å². The van der Waals surface area contributed by atoms with Gasteiger partial charge in [0.05, 0.1) is 6.26 Å². The molecule has 7 nitrogen and oxygen atoms in total. The van der Waals surface area contributed by atoms with E-state index >= 15 is 0 Å². The fourth-order valence-corrected chi connectivity index (χ4v) is 3.28. The van der Waals surface area contributed by atoms with Gasteiger partial charge in [-0.25, -0.2) is 9.79 Å². The molecule has 0 bridgehead atoms. The lowest BCUT2D eigenvalue weighted by molar-refractivity contribution is 0.0214. The lowest BCUT2D eigenvalue weighted by Crippen LogP contribution is -2.47. The largest absolute Gasteiger partial charge is 0.467 e. The van der Waals surface area contributed by atoms with Crippen LogP contribution in [0.4, 0.5) is 4.79 Å². The van der Waals surface area contributed by atoms with Crippen LogP contribution in [0.2, 0.25) is 0 Å². The molecular weight excluding hydrogens is 356 g/mol. The third-order valence-electron chi connectivity index (χ3n) is 4.73. The van der Waals surface area contributed by atoms with E-state index in [2.05, 4.69) is 17.1 Å². The molecule has 158 valence electrons. The number of carbonyl (C=O) groups excluding carboxylic acids is 1. The second-order valence-corrected chi connectivity index (χ2v) is 8.20. The molecule has 1 aromatic rings. The summed E-state index contributed by atoms with van der Waals surface area (Å²) in [6.07, 6.45) is 3.52. The number of amides is 1. The van der Waals surface area contributed by atoms with Gasteiger partial charge >= 0.3 is 6.09 Å². The highest BCUT2D eigenvalue weighted by Gasteiger charge is 2.27. The number of ether oxygens (including phenoxy) is 1. The molecule has 0 aromatic carbocycles. The number of guanidine groups is 1. The monoisotopic (exact) mass is 392 g/mol. The zero-order valence-corrected chi connectivity index (χ0v) is 18.0. The maximum atomic E-state index is 12.4. The fraction of sp³-hybridized carbons (Fsp3) is 0.714. The van der Waals surface area contributed by atoms with E-state index in [1.807, 2.05) is 44.7 Å². The summed E-state index contributed by atoms with van der Waals surface area (Å²) in [6.45, 7) is 14.4. The maximum absolute atomic E-state index is 12.4. The lowest BCUT2D eigenvalue weighted by Gasteiger charge is -2.36. The predicted molar refractivity (Wildman–Crippen MR) is 111 cm³/mol. The lowest BCUT2D eigenvalue weighted by atomic mass is 9.96. The summed E-state index contributed by atoms with van der Waals surface area (Å²) in [5.41, 5.74) is -0.459. The molecule has 1 fully saturated rings. The minimum Gasteiger partial charge on any atom is -0.467 e. The van der Waals surface area contributed by atoms with Crippen molar-refractivity contribution >= 4 is 12.1 Å². The Morgan fingerprint density at radius 3 is 2.61 bits per heavy atom. The number of furan rings is 1. The Hall–Kier alpha value is -2.18. The van der Waals surface area contributed by atoms with Crippen LogP contribution in [0.5, 0.6) is 0 Å². The van der Waals surface area contributed by atoms with Gasteiger partial charge in [-0.1, -0.05) is 0 Å². The summed E-state index contributed by atoms with van der Waals surface area (Å²) in [4.78, 5) is 21.2. The number of nitrogens with one attached hydrogen (secondary N) is 1. The van der Waals surface area contributed by atoms with E-state index in [-0.39, 0.29) is 6.09 Å². The maximum Gasteiger partial charge on any atom is 0.410 e. The minimum atomic E-state index is -0.459. The van der Waals surface area contributed by atoms with E-state index in [4.69, 9.17) is 14.1 Å². The van der Waals surface area contributed by atoms with Crippen LogP contribution < -0.4 is 5.32 Å². The van der Waals surface area contributed by atoms with Crippen molar-refractivity contribution in [2.24, 2.45) is 10.9 Å². The van der Waals surface area contributed by atoms with Crippen molar-refractivity contribution in [1.82, 2.24) is 15.1 Å². The van der Waals surface area contributed by atoms with Gasteiger partial charge in [-0.3, -0.25) is 0 Å². The van der Waals surface area contributed by atoms with Crippen molar-refractivity contribution < 1.29 is 13.9 Å². The normalized spacial score (nSPS) is 16.2. The predicted octanol–water partition coefficient (Wildman–Crippen LogP) is 3.71. The zero-order chi connectivity index (χ0) is 20.6. The van der Waals surface area contributed by atoms with Gasteiger partial charge in [0.15, 0.2) is 5.96 Å². The van der Waals surface area contributed by atoms with Gasteiger partial charge < -0.3 is 24.3 Å². The Kier molecular flexibility index (Phi) is 8.20. The molecule has 1 aliphatic rings. The van der Waals surface area contributed by atoms with Crippen molar-refractivity contribution in [3.05, 3.63) is 24.2 Å². The van der Waals surface area contributed by atoms with Crippen molar-refractivity contribution in [2.45, 2.75) is 59.6 Å². The molecular formula is C21H36N4O3. The standard InChI is InChI=1S/C21H36N4O3/c1-6-22-19(23-15-18-9-8-14-27-18)25-12-10-17(11-13-25)16-24(7-2)20(26)28-21(3,4)5/h8-9,14,17H,6-7,10-13,15-16H2,1-5H3,(H,22,23). The van der Waals surface area contributed by atoms with Crippen molar-refractivity contribution in [3.8, 4) is 0 Å². The van der Waals surface area contributed by atoms with E-state index in [0.29, 0.717) is 19.0 Å². The Balaban J connectivity index is 1.87. The molecule has 28 heavy (non-hydrogen) atoms. The summed E-state index contributed by atoms with van der Waals surface area (Å²) in [5.74, 6) is 2.27. The van der Waals surface area contributed by atoms with Crippen LogP contribution in [0, 0.1) is 5.92 Å². The molecule has 1 saturated heterocycles. The second kappa shape index (κ2) is 10.4. The van der Waals surface area contributed by atoms with Crippen LogP contribution in [0.25, 0.3) is 0 Å². The number of piperidine rings is 1. The van der Waals surface area contributed by atoms with Gasteiger partial charge in [0.2, 0.25) is 0 Å². The van der Waals surface area contributed by atoms with E-state index in [9.17, 15) is 4.79 Å². The molecule has 1 amide bonds. The van der Waals surface area contributed by atoms with Crippen LogP contribution in [0.3, 0.4) is 0 Å². The highest BCUT2D eigenvalue weighted by atomic mass is 16.6. The van der Waals surface area contributed by atoms with Crippen LogP contribution in [-0.4, -0.2) is 60.2 Å². The first kappa shape index (κ1) is 22.1. The molecule has 0 spiro atoms. The molecule has 1 aliphatic heterocycles. The summed E-state index contributed by atoms with van der Waals surface area (Å²) < 4.78 is 10.9. The third kappa shape index (κ3) is 7.09. The van der Waals surface area contributed by atoms with E-state index in [1.165, 1.54) is 0 Å². The van der Waals surface area contributed by atoms with Gasteiger partial charge in [0, 0.05) is 32.7 Å². The van der Waals surface area contributed by atoms with Crippen LogP contribution in [-0.2, 0) is 11.3 Å². The highest BCUT2D eigenvalue weighted by Crippen LogP contribution is 2.20. The van der Waals surface area contributed by atoms with E-state index < -0.39 is 5.60 Å². The molecule has 0 radical (unpaired) electrons. The summed E-state index contributed by atoms with van der Waals surface area (Å²) in [6, 6.07) is 3.82. The third-order valence-corrected chi connectivity index (χ3v) is 4.73. The first-order valence-electron chi connectivity index (χ1n) is 10.4. The summed E-state index contributed by atoms with van der Waals surface area (Å²) >= 11 is 0. The SMILES string of the molecule is CCNC(=NCc1ccco1)N1CCC(CN(CC)C(=O)OC(C)(C)C)CC1. The average Bonchev–Trinajstić information content (AvgIpc) is 3.16. The van der Waals surface area contributed by atoms with Gasteiger partial charge in [-0.15, -0.1) is 0 Å². The zero-order valence-electron chi connectivity index (χ0n) is 18.0. The Morgan fingerprint density at radius 2 is 2.07 bits per heavy atom. The molecule has 7 heteroatoms. The fourth-order valence-electron chi connectivity index (χ4n) is 3.28. The average molecular weight is 393 g/mol. The van der Waals surface area contributed by atoms with E-state index in [0.717, 1.165) is 50.7 Å². The molecule has 0 aliphatic carbocycles. The van der Waals surface area contributed by atoms with Crippen LogP contribution in [0.15, 0.2) is 27.8 Å². The van der Waals surface area contributed by atoms with Gasteiger partial charge in [-0.2, -0.15) is 0 Å². The number of rotatable bonds is 6. The molecule has 0 atom stereocenters.